The first-order chi connectivity index (χ1) is 17.4. The maximum Gasteiger partial charge on any atom is 0.358 e. The number of carboxylic acids is 1. The molecular formula is C27H26N3O4S2+. The van der Waals surface area contributed by atoms with Gasteiger partial charge in [0.1, 0.15) is 17.5 Å². The zero-order chi connectivity index (χ0) is 25.2. The number of rotatable bonds is 6. The van der Waals surface area contributed by atoms with Gasteiger partial charge in [0, 0.05) is 6.54 Å². The Labute approximate surface area is 217 Å². The quantitative estimate of drug-likeness (QED) is 0.346. The average molecular weight is 521 g/mol. The first kappa shape index (κ1) is 24.4. The van der Waals surface area contributed by atoms with Crippen LogP contribution in [0.5, 0.6) is 0 Å². The van der Waals surface area contributed by atoms with Gasteiger partial charge >= 0.3 is 5.97 Å². The number of carbonyl (C=O) groups is 3. The van der Waals surface area contributed by atoms with Crippen LogP contribution in [0.2, 0.25) is 0 Å². The molecule has 0 radical (unpaired) electrons. The van der Waals surface area contributed by atoms with Crippen molar-refractivity contribution in [3.63, 3.8) is 0 Å². The zero-order valence-electron chi connectivity index (χ0n) is 19.7. The minimum Gasteiger partial charge on any atom is -0.476 e. The van der Waals surface area contributed by atoms with Gasteiger partial charge in [-0.15, -0.1) is 11.8 Å². The number of fused-ring (bicyclic) bond motifs is 1. The second-order valence-corrected chi connectivity index (χ2v) is 11.1. The molecule has 0 bridgehead atoms. The van der Waals surface area contributed by atoms with E-state index in [1.54, 1.807) is 0 Å². The Morgan fingerprint density at radius 1 is 1.11 bits per heavy atom. The van der Waals surface area contributed by atoms with E-state index in [0.717, 1.165) is 22.5 Å². The highest BCUT2D eigenvalue weighted by Gasteiger charge is 2.56. The van der Waals surface area contributed by atoms with Crippen molar-refractivity contribution in [1.82, 2.24) is 15.1 Å². The molecular weight excluding hydrogens is 494 g/mol. The summed E-state index contributed by atoms with van der Waals surface area (Å²) in [5.41, 5.74) is 2.00. The minimum atomic E-state index is -1.13. The Bertz CT molecular complexity index is 1280. The third kappa shape index (κ3) is 4.74. The highest BCUT2D eigenvalue weighted by Crippen LogP contribution is 2.40. The molecule has 1 fully saturated rings. The lowest BCUT2D eigenvalue weighted by atomic mass is 10.00. The molecule has 0 spiro atoms. The van der Waals surface area contributed by atoms with E-state index >= 15 is 0 Å². The number of thioether (sulfide) groups is 1. The van der Waals surface area contributed by atoms with Crippen LogP contribution in [-0.4, -0.2) is 68.3 Å². The van der Waals surface area contributed by atoms with E-state index < -0.39 is 17.4 Å². The Balaban J connectivity index is 1.39. The van der Waals surface area contributed by atoms with E-state index in [2.05, 4.69) is 34.5 Å². The van der Waals surface area contributed by atoms with Gasteiger partial charge in [0.2, 0.25) is 27.0 Å². The molecule has 2 amide bonds. The predicted octanol–water partition coefficient (Wildman–Crippen LogP) is 2.42. The highest BCUT2D eigenvalue weighted by atomic mass is 32.2. The van der Waals surface area contributed by atoms with Crippen molar-refractivity contribution >= 4 is 45.8 Å². The Morgan fingerprint density at radius 3 is 2.50 bits per heavy atom. The van der Waals surface area contributed by atoms with Crippen molar-refractivity contribution < 1.29 is 19.5 Å². The molecule has 2 N–H and O–H groups in total. The lowest BCUT2D eigenvalue weighted by molar-refractivity contribution is -0.150. The average Bonchev–Trinajstić information content (AvgIpc) is 2.88. The van der Waals surface area contributed by atoms with Gasteiger partial charge in [0.05, 0.1) is 12.2 Å². The van der Waals surface area contributed by atoms with Crippen LogP contribution in [-0.2, 0) is 32.2 Å². The van der Waals surface area contributed by atoms with Gasteiger partial charge in [-0.25, -0.2) is 4.79 Å². The second kappa shape index (κ2) is 10.4. The summed E-state index contributed by atoms with van der Waals surface area (Å²) in [5, 5.41) is 12.5. The monoisotopic (exact) mass is 520 g/mol. The van der Waals surface area contributed by atoms with Gasteiger partial charge in [-0.2, -0.15) is 0 Å². The van der Waals surface area contributed by atoms with Gasteiger partial charge in [0.15, 0.2) is 5.70 Å². The van der Waals surface area contributed by atoms with Crippen molar-refractivity contribution in [2.45, 2.75) is 23.9 Å². The third-order valence-corrected chi connectivity index (χ3v) is 9.04. The molecule has 9 heteroatoms. The molecule has 5 rings (SSSR count). The number of amides is 2. The molecule has 1 saturated heterocycles. The number of nitrogens with zero attached hydrogens (tertiary/aromatic N) is 2. The molecule has 2 aromatic carbocycles. The molecule has 2 aromatic rings. The van der Waals surface area contributed by atoms with Crippen LogP contribution >= 0.6 is 11.8 Å². The van der Waals surface area contributed by atoms with Gasteiger partial charge in [0.25, 0.3) is 5.91 Å². The maximum atomic E-state index is 13.0. The number of hydrogen-bond donors (Lipinski definition) is 2. The maximum absolute atomic E-state index is 13.0. The molecule has 1 unspecified atom stereocenters. The van der Waals surface area contributed by atoms with Crippen LogP contribution in [0.4, 0.5) is 0 Å². The van der Waals surface area contributed by atoms with Crippen LogP contribution < -0.4 is 5.32 Å². The van der Waals surface area contributed by atoms with E-state index in [-0.39, 0.29) is 30.0 Å². The molecule has 184 valence electrons. The van der Waals surface area contributed by atoms with Gasteiger partial charge in [-0.1, -0.05) is 66.7 Å². The summed E-state index contributed by atoms with van der Waals surface area (Å²) >= 11 is 2.91. The summed E-state index contributed by atoms with van der Waals surface area (Å²) in [6, 6.07) is 18.7. The number of carbonyl (C=O) groups excluding carboxylic acids is 2. The summed E-state index contributed by atoms with van der Waals surface area (Å²) in [6.45, 7) is 0.792. The second-order valence-electron chi connectivity index (χ2n) is 8.85. The first-order valence-electron chi connectivity index (χ1n) is 11.6. The summed E-state index contributed by atoms with van der Waals surface area (Å²) in [6.07, 6.45) is 4.29. The Morgan fingerprint density at radius 2 is 1.81 bits per heavy atom. The molecule has 0 saturated carbocycles. The summed E-state index contributed by atoms with van der Waals surface area (Å²) in [5.74, 6) is -1.31. The summed E-state index contributed by atoms with van der Waals surface area (Å²) in [4.78, 5) is 43.1. The highest BCUT2D eigenvalue weighted by molar-refractivity contribution is 8.01. The predicted molar refractivity (Wildman–Crippen MR) is 143 cm³/mol. The standard InChI is InChI=1S/C27H25N3O4S2/c1-29-14-8-13-19(23(29)18-11-6-3-7-12-18)36-20-16-35-26-22(25(32)30(26)24(20)27(33)34)28-21(31)15-17-9-4-2-5-10-17/h2-13,22-23,26H,14-16H2,1H3,(H-,28,31,33,34)/p+1/t22-,23?,26+/m1/s1. The van der Waals surface area contributed by atoms with Crippen LogP contribution in [0.25, 0.3) is 0 Å². The zero-order valence-corrected chi connectivity index (χ0v) is 21.3. The molecule has 36 heavy (non-hydrogen) atoms. The lowest BCUT2D eigenvalue weighted by Gasteiger charge is -2.47. The fourth-order valence-electron chi connectivity index (χ4n) is 4.71. The summed E-state index contributed by atoms with van der Waals surface area (Å²) in [7, 11) is 2.04. The minimum absolute atomic E-state index is 0.00332. The molecule has 0 aromatic heterocycles. The fourth-order valence-corrected chi connectivity index (χ4v) is 7.50. The van der Waals surface area contributed by atoms with E-state index in [1.165, 1.54) is 28.0 Å². The van der Waals surface area contributed by atoms with E-state index in [0.29, 0.717) is 10.7 Å². The Hall–Kier alpha value is -3.27. The van der Waals surface area contributed by atoms with Crippen LogP contribution in [0, 0.1) is 0 Å². The molecule has 0 aliphatic carbocycles. The van der Waals surface area contributed by atoms with Crippen LogP contribution in [0.3, 0.4) is 0 Å². The SMILES string of the molecule is CN1CC=CC(=[S+]C2=C(C(=O)O)N3C(=O)[C@@H](NC(=O)Cc4ccccc4)[C@@H]3SC2)C1c1ccccc1. The van der Waals surface area contributed by atoms with Crippen molar-refractivity contribution in [2.24, 2.45) is 0 Å². The van der Waals surface area contributed by atoms with E-state index in [4.69, 9.17) is 0 Å². The van der Waals surface area contributed by atoms with Gasteiger partial charge in [-0.05, 0) is 24.3 Å². The number of hydrogen-bond acceptors (Lipinski definition) is 5. The number of carboxylic acid groups (broad SMARTS) is 1. The topological polar surface area (TPSA) is 90.0 Å². The number of nitrogens with one attached hydrogen (secondary N) is 1. The van der Waals surface area contributed by atoms with Crippen LogP contribution in [0.1, 0.15) is 17.2 Å². The lowest BCUT2D eigenvalue weighted by Crippen LogP contribution is -2.70. The largest absolute Gasteiger partial charge is 0.476 e. The molecule has 3 atom stereocenters. The van der Waals surface area contributed by atoms with Crippen LogP contribution in [0.15, 0.2) is 83.4 Å². The van der Waals surface area contributed by atoms with E-state index in [1.807, 2.05) is 55.6 Å². The number of β-lactam (4-membered cyclic amide) rings is 1. The normalized spacial score (nSPS) is 24.9. The molecule has 3 aliphatic heterocycles. The first-order valence-corrected chi connectivity index (χ1v) is 13.5. The number of aliphatic carboxylic acids is 1. The number of likely N-dealkylation sites (N-methyl/N-ethyl adjacent to an activating group) is 1. The molecule has 3 aliphatic rings. The van der Waals surface area contributed by atoms with Crippen molar-refractivity contribution in [2.75, 3.05) is 19.3 Å². The number of benzene rings is 2. The Kier molecular flexibility index (Phi) is 7.04. The third-order valence-electron chi connectivity index (χ3n) is 6.40. The van der Waals surface area contributed by atoms with E-state index in [9.17, 15) is 19.5 Å². The van der Waals surface area contributed by atoms with Crippen molar-refractivity contribution in [3.8, 4) is 0 Å². The van der Waals surface area contributed by atoms with Crippen molar-refractivity contribution in [3.05, 3.63) is 94.5 Å². The van der Waals surface area contributed by atoms with Gasteiger partial charge in [-0.3, -0.25) is 19.4 Å². The fraction of sp³-hybridized carbons (Fsp3) is 0.259. The molecule has 3 heterocycles. The van der Waals surface area contributed by atoms with Crippen molar-refractivity contribution in [1.29, 1.82) is 0 Å². The smallest absolute Gasteiger partial charge is 0.358 e. The summed E-state index contributed by atoms with van der Waals surface area (Å²) < 4.78 is 0. The van der Waals surface area contributed by atoms with Gasteiger partial charge < -0.3 is 10.4 Å². The molecule has 7 nitrogen and oxygen atoms in total.